The quantitative estimate of drug-likeness (QED) is 0.813. The van der Waals surface area contributed by atoms with E-state index < -0.39 is 0 Å². The second-order valence-corrected chi connectivity index (χ2v) is 5.61. The van der Waals surface area contributed by atoms with Gasteiger partial charge in [0.2, 0.25) is 5.91 Å². The maximum Gasteiger partial charge on any atom is 0.226 e. The molecule has 0 bridgehead atoms. The predicted octanol–water partition coefficient (Wildman–Crippen LogP) is 3.79. The van der Waals surface area contributed by atoms with Crippen molar-refractivity contribution in [2.75, 3.05) is 17.2 Å². The lowest BCUT2D eigenvalue weighted by Gasteiger charge is -2.11. The van der Waals surface area contributed by atoms with Crippen LogP contribution in [0.4, 0.5) is 11.4 Å². The minimum Gasteiger partial charge on any atom is -0.491 e. The fourth-order valence-corrected chi connectivity index (χ4v) is 2.10. The lowest BCUT2D eigenvalue weighted by atomic mass is 10.2. The van der Waals surface area contributed by atoms with Gasteiger partial charge in [0.15, 0.2) is 0 Å². The maximum absolute atomic E-state index is 11.9. The zero-order valence-corrected chi connectivity index (χ0v) is 13.9. The molecule has 124 valence electrons. The summed E-state index contributed by atoms with van der Waals surface area (Å²) >= 11 is 0. The van der Waals surface area contributed by atoms with E-state index in [1.165, 1.54) is 0 Å². The number of carbonyl (C=O) groups excluding carboxylic acids is 1. The molecule has 2 aromatic carbocycles. The second kappa shape index (κ2) is 8.59. The van der Waals surface area contributed by atoms with Gasteiger partial charge in [-0.2, -0.15) is 5.26 Å². The van der Waals surface area contributed by atoms with E-state index >= 15 is 0 Å². The van der Waals surface area contributed by atoms with Crippen LogP contribution in [0.1, 0.15) is 25.8 Å². The van der Waals surface area contributed by atoms with Gasteiger partial charge in [-0.05, 0) is 62.4 Å². The molecule has 5 nitrogen and oxygen atoms in total. The van der Waals surface area contributed by atoms with Crippen LogP contribution in [-0.2, 0) is 4.79 Å². The van der Waals surface area contributed by atoms with Crippen LogP contribution in [0.3, 0.4) is 0 Å². The lowest BCUT2D eigenvalue weighted by Crippen LogP contribution is -2.16. The van der Waals surface area contributed by atoms with Gasteiger partial charge in [0.25, 0.3) is 0 Å². The molecule has 0 saturated heterocycles. The molecule has 0 saturated carbocycles. The highest BCUT2D eigenvalue weighted by atomic mass is 16.5. The zero-order chi connectivity index (χ0) is 17.4. The number of nitrogens with zero attached hydrogens (tertiary/aromatic N) is 1. The van der Waals surface area contributed by atoms with Crippen molar-refractivity contribution in [1.29, 1.82) is 5.26 Å². The normalized spacial score (nSPS) is 10.1. The van der Waals surface area contributed by atoms with Gasteiger partial charge < -0.3 is 15.4 Å². The summed E-state index contributed by atoms with van der Waals surface area (Å²) in [6.07, 6.45) is 0.475. The average Bonchev–Trinajstić information content (AvgIpc) is 2.57. The van der Waals surface area contributed by atoms with E-state index in [2.05, 4.69) is 16.7 Å². The molecule has 1 amide bonds. The van der Waals surface area contributed by atoms with Crippen LogP contribution in [0, 0.1) is 11.3 Å². The molecule has 0 atom stereocenters. The number of amides is 1. The van der Waals surface area contributed by atoms with Gasteiger partial charge in [-0.1, -0.05) is 0 Å². The number of nitriles is 1. The smallest absolute Gasteiger partial charge is 0.226 e. The molecule has 0 aliphatic heterocycles. The topological polar surface area (TPSA) is 74.2 Å². The van der Waals surface area contributed by atoms with Crippen LogP contribution in [0.5, 0.6) is 5.75 Å². The molecule has 24 heavy (non-hydrogen) atoms. The van der Waals surface area contributed by atoms with Crippen LogP contribution >= 0.6 is 0 Å². The summed E-state index contributed by atoms with van der Waals surface area (Å²) in [5, 5.41) is 14.7. The molecule has 0 heterocycles. The van der Waals surface area contributed by atoms with Crippen LogP contribution in [0.2, 0.25) is 0 Å². The molecule has 5 heteroatoms. The second-order valence-electron chi connectivity index (χ2n) is 5.61. The fraction of sp³-hybridized carbons (Fsp3) is 0.263. The number of hydrogen-bond donors (Lipinski definition) is 2. The van der Waals surface area contributed by atoms with E-state index in [4.69, 9.17) is 10.00 Å². The summed E-state index contributed by atoms with van der Waals surface area (Å²) in [6.45, 7) is 4.46. The van der Waals surface area contributed by atoms with E-state index in [-0.39, 0.29) is 12.0 Å². The molecule has 0 spiro atoms. The van der Waals surface area contributed by atoms with Gasteiger partial charge in [-0.15, -0.1) is 0 Å². The Morgan fingerprint density at radius 1 is 1.08 bits per heavy atom. The lowest BCUT2D eigenvalue weighted by molar-refractivity contribution is -0.115. The zero-order valence-electron chi connectivity index (χ0n) is 13.9. The largest absolute Gasteiger partial charge is 0.491 e. The highest BCUT2D eigenvalue weighted by Gasteiger charge is 2.03. The van der Waals surface area contributed by atoms with E-state index in [1.54, 1.807) is 12.1 Å². The molecule has 2 rings (SSSR count). The average molecular weight is 323 g/mol. The molecule has 0 radical (unpaired) electrons. The van der Waals surface area contributed by atoms with Gasteiger partial charge in [0.05, 0.1) is 17.7 Å². The fourth-order valence-electron chi connectivity index (χ4n) is 2.10. The first-order chi connectivity index (χ1) is 11.6. The van der Waals surface area contributed by atoms with Crippen molar-refractivity contribution in [3.05, 3.63) is 54.1 Å². The highest BCUT2D eigenvalue weighted by molar-refractivity contribution is 5.91. The minimum absolute atomic E-state index is 0.0614. The van der Waals surface area contributed by atoms with Gasteiger partial charge >= 0.3 is 0 Å². The summed E-state index contributed by atoms with van der Waals surface area (Å²) in [5.41, 5.74) is 2.25. The van der Waals surface area contributed by atoms with Crippen LogP contribution < -0.4 is 15.4 Å². The Kier molecular flexibility index (Phi) is 6.21. The molecule has 0 aromatic heterocycles. The first-order valence-electron chi connectivity index (χ1n) is 7.87. The summed E-state index contributed by atoms with van der Waals surface area (Å²) in [5.74, 6) is 0.721. The van der Waals surface area contributed by atoms with E-state index in [1.807, 2.05) is 50.2 Å². The predicted molar refractivity (Wildman–Crippen MR) is 95.1 cm³/mol. The minimum atomic E-state index is -0.0614. The maximum atomic E-state index is 11.9. The third-order valence-electron chi connectivity index (χ3n) is 3.21. The highest BCUT2D eigenvalue weighted by Crippen LogP contribution is 2.17. The van der Waals surface area contributed by atoms with Crippen molar-refractivity contribution >= 4 is 17.3 Å². The molecule has 2 N–H and O–H groups in total. The third kappa shape index (κ3) is 5.65. The molecule has 0 aliphatic rings. The Morgan fingerprint density at radius 2 is 1.71 bits per heavy atom. The van der Waals surface area contributed by atoms with Crippen molar-refractivity contribution in [2.45, 2.75) is 26.4 Å². The molecular formula is C19H21N3O2. The van der Waals surface area contributed by atoms with Crippen LogP contribution in [-0.4, -0.2) is 18.6 Å². The number of carbonyl (C=O) groups is 1. The van der Waals surface area contributed by atoms with Crippen molar-refractivity contribution in [1.82, 2.24) is 0 Å². The number of benzene rings is 2. The number of anilines is 2. The Balaban J connectivity index is 1.75. The number of rotatable bonds is 7. The molecule has 2 aromatic rings. The van der Waals surface area contributed by atoms with Crippen molar-refractivity contribution in [3.63, 3.8) is 0 Å². The first-order valence-corrected chi connectivity index (χ1v) is 7.87. The summed E-state index contributed by atoms with van der Waals surface area (Å²) < 4.78 is 5.56. The van der Waals surface area contributed by atoms with E-state index in [0.29, 0.717) is 18.5 Å². The Labute approximate surface area is 142 Å². The molecule has 0 aliphatic carbocycles. The Hall–Kier alpha value is -3.00. The monoisotopic (exact) mass is 323 g/mol. The van der Waals surface area contributed by atoms with Gasteiger partial charge in [-0.3, -0.25) is 4.79 Å². The molecular weight excluding hydrogens is 302 g/mol. The van der Waals surface area contributed by atoms with Crippen LogP contribution in [0.25, 0.3) is 0 Å². The van der Waals surface area contributed by atoms with Crippen molar-refractivity contribution in [3.8, 4) is 11.8 Å². The number of nitrogens with one attached hydrogen (secondary N) is 2. The standard InChI is InChI=1S/C19H21N3O2/c1-14(2)24-18-9-7-17(8-10-18)22-19(23)11-12-21-16-5-3-15(13-20)4-6-16/h3-10,14,21H,11-12H2,1-2H3,(H,22,23). The van der Waals surface area contributed by atoms with Crippen molar-refractivity contribution in [2.24, 2.45) is 0 Å². The first kappa shape index (κ1) is 17.4. The summed E-state index contributed by atoms with van der Waals surface area (Å²) in [7, 11) is 0. The number of ether oxygens (including phenoxy) is 1. The van der Waals surface area contributed by atoms with Gasteiger partial charge in [0, 0.05) is 24.3 Å². The van der Waals surface area contributed by atoms with E-state index in [9.17, 15) is 4.79 Å². The van der Waals surface area contributed by atoms with Gasteiger partial charge in [-0.25, -0.2) is 0 Å². The third-order valence-corrected chi connectivity index (χ3v) is 3.21. The SMILES string of the molecule is CC(C)Oc1ccc(NC(=O)CCNc2ccc(C#N)cc2)cc1. The Morgan fingerprint density at radius 3 is 2.29 bits per heavy atom. The van der Waals surface area contributed by atoms with Gasteiger partial charge in [0.1, 0.15) is 5.75 Å². The molecule has 0 fully saturated rings. The number of hydrogen-bond acceptors (Lipinski definition) is 4. The summed E-state index contributed by atoms with van der Waals surface area (Å²) in [4.78, 5) is 11.9. The Bertz CT molecular complexity index is 701. The van der Waals surface area contributed by atoms with E-state index in [0.717, 1.165) is 17.1 Å². The van der Waals surface area contributed by atoms with Crippen LogP contribution in [0.15, 0.2) is 48.5 Å². The molecule has 0 unspecified atom stereocenters. The van der Waals surface area contributed by atoms with Crippen molar-refractivity contribution < 1.29 is 9.53 Å². The summed E-state index contributed by atoms with van der Waals surface area (Å²) in [6, 6.07) is 16.5.